The summed E-state index contributed by atoms with van der Waals surface area (Å²) in [5.41, 5.74) is 9.10. The Labute approximate surface area is 130 Å². The molecule has 0 bridgehead atoms. The monoisotopic (exact) mass is 292 g/mol. The van der Waals surface area contributed by atoms with Gasteiger partial charge in [0.1, 0.15) is 11.3 Å². The molecule has 0 aliphatic rings. The number of nitrogens with zero attached hydrogens (tertiary/aromatic N) is 4. The van der Waals surface area contributed by atoms with Crippen LogP contribution in [0.3, 0.4) is 0 Å². The summed E-state index contributed by atoms with van der Waals surface area (Å²) in [6, 6.07) is 4.35. The third-order valence-corrected chi connectivity index (χ3v) is 4.19. The van der Waals surface area contributed by atoms with Crippen molar-refractivity contribution < 1.29 is 0 Å². The molecule has 2 heterocycles. The fraction of sp³-hybridized carbons (Fsp3) is 0.333. The fourth-order valence-electron chi connectivity index (χ4n) is 2.75. The van der Waals surface area contributed by atoms with Crippen LogP contribution < -0.4 is 0 Å². The minimum absolute atomic E-state index is 0.668. The Balaban J connectivity index is 2.29. The number of hydrogen-bond acceptors (Lipinski definition) is 4. The normalized spacial score (nSPS) is 11.2. The Kier molecular flexibility index (Phi) is 3.39. The summed E-state index contributed by atoms with van der Waals surface area (Å²) in [5.74, 6) is 0.727. The number of aromatic nitrogens is 4. The molecule has 0 unspecified atom stereocenters. The number of hydrogen-bond donors (Lipinski definition) is 0. The molecule has 0 saturated carbocycles. The standard InChI is InChI=1S/C18H20N4/c1-9-7-15(8-10(2)11(9)3)16-12(4)20-17-13(5)19-14(6)21-18(17)22-16/h7-8H,1-6H3. The second-order valence-corrected chi connectivity index (χ2v) is 5.92. The Hall–Kier alpha value is -2.36. The van der Waals surface area contributed by atoms with Crippen LogP contribution in [0.2, 0.25) is 0 Å². The van der Waals surface area contributed by atoms with Crippen LogP contribution in [0.1, 0.15) is 33.9 Å². The van der Waals surface area contributed by atoms with Gasteiger partial charge in [0.05, 0.1) is 17.1 Å². The molecule has 22 heavy (non-hydrogen) atoms. The van der Waals surface area contributed by atoms with Crippen molar-refractivity contribution in [2.75, 3.05) is 0 Å². The first-order valence-corrected chi connectivity index (χ1v) is 7.44. The minimum Gasteiger partial charge on any atom is -0.246 e. The molecule has 112 valence electrons. The van der Waals surface area contributed by atoms with Gasteiger partial charge in [-0.05, 0) is 70.4 Å². The Morgan fingerprint density at radius 1 is 0.682 bits per heavy atom. The molecule has 4 heteroatoms. The Bertz CT molecular complexity index is 874. The van der Waals surface area contributed by atoms with Gasteiger partial charge >= 0.3 is 0 Å². The van der Waals surface area contributed by atoms with Crippen molar-refractivity contribution in [1.29, 1.82) is 0 Å². The summed E-state index contributed by atoms with van der Waals surface area (Å²) < 4.78 is 0. The molecule has 2 aromatic heterocycles. The van der Waals surface area contributed by atoms with Crippen LogP contribution in [0.25, 0.3) is 22.4 Å². The van der Waals surface area contributed by atoms with E-state index in [9.17, 15) is 0 Å². The number of fused-ring (bicyclic) bond motifs is 1. The van der Waals surface area contributed by atoms with Crippen molar-refractivity contribution in [3.63, 3.8) is 0 Å². The number of aryl methyl sites for hydroxylation is 5. The van der Waals surface area contributed by atoms with Gasteiger partial charge in [-0.1, -0.05) is 0 Å². The van der Waals surface area contributed by atoms with E-state index in [4.69, 9.17) is 4.98 Å². The lowest BCUT2D eigenvalue weighted by molar-refractivity contribution is 1.01. The van der Waals surface area contributed by atoms with Crippen molar-refractivity contribution in [1.82, 2.24) is 19.9 Å². The SMILES string of the molecule is Cc1nc(C)c2nc(C)c(-c3cc(C)c(C)c(C)c3)nc2n1. The molecule has 0 atom stereocenters. The molecule has 3 aromatic rings. The number of rotatable bonds is 1. The quantitative estimate of drug-likeness (QED) is 0.681. The van der Waals surface area contributed by atoms with Crippen LogP contribution in [0.15, 0.2) is 12.1 Å². The second-order valence-electron chi connectivity index (χ2n) is 5.92. The van der Waals surface area contributed by atoms with E-state index in [1.54, 1.807) is 0 Å². The van der Waals surface area contributed by atoms with Crippen LogP contribution in [-0.2, 0) is 0 Å². The molecular formula is C18H20N4. The van der Waals surface area contributed by atoms with Gasteiger partial charge in [0.2, 0.25) is 0 Å². The largest absolute Gasteiger partial charge is 0.246 e. The van der Waals surface area contributed by atoms with Gasteiger partial charge in [-0.25, -0.2) is 19.9 Å². The first-order chi connectivity index (χ1) is 10.4. The van der Waals surface area contributed by atoms with Gasteiger partial charge in [-0.2, -0.15) is 0 Å². The molecule has 0 aliphatic carbocycles. The summed E-state index contributed by atoms with van der Waals surface area (Å²) in [4.78, 5) is 18.3. The lowest BCUT2D eigenvalue weighted by Gasteiger charge is -2.11. The van der Waals surface area contributed by atoms with Crippen molar-refractivity contribution in [2.24, 2.45) is 0 Å². The van der Waals surface area contributed by atoms with Gasteiger partial charge in [-0.15, -0.1) is 0 Å². The third kappa shape index (κ3) is 2.34. The molecule has 0 fully saturated rings. The van der Waals surface area contributed by atoms with E-state index in [0.29, 0.717) is 5.65 Å². The highest BCUT2D eigenvalue weighted by Gasteiger charge is 2.13. The minimum atomic E-state index is 0.668. The van der Waals surface area contributed by atoms with Crippen molar-refractivity contribution in [3.05, 3.63) is 46.0 Å². The zero-order valence-corrected chi connectivity index (χ0v) is 13.9. The highest BCUT2D eigenvalue weighted by atomic mass is 15.0. The molecule has 1 aromatic carbocycles. The lowest BCUT2D eigenvalue weighted by Crippen LogP contribution is -2.02. The van der Waals surface area contributed by atoms with Crippen LogP contribution in [0.4, 0.5) is 0 Å². The highest BCUT2D eigenvalue weighted by Crippen LogP contribution is 2.27. The van der Waals surface area contributed by atoms with Gasteiger partial charge in [0.15, 0.2) is 5.65 Å². The molecule has 0 aliphatic heterocycles. The molecule has 0 saturated heterocycles. The highest BCUT2D eigenvalue weighted by molar-refractivity contribution is 5.77. The predicted molar refractivity (Wildman–Crippen MR) is 89.0 cm³/mol. The summed E-state index contributed by atoms with van der Waals surface area (Å²) in [7, 11) is 0. The first kappa shape index (κ1) is 14.6. The topological polar surface area (TPSA) is 51.6 Å². The van der Waals surface area contributed by atoms with Crippen molar-refractivity contribution in [2.45, 2.75) is 41.5 Å². The van der Waals surface area contributed by atoms with E-state index < -0.39 is 0 Å². The van der Waals surface area contributed by atoms with Crippen LogP contribution >= 0.6 is 0 Å². The summed E-state index contributed by atoms with van der Waals surface area (Å²) in [6.07, 6.45) is 0. The molecule has 4 nitrogen and oxygen atoms in total. The Morgan fingerprint density at radius 3 is 1.95 bits per heavy atom. The maximum atomic E-state index is 4.76. The maximum Gasteiger partial charge on any atom is 0.182 e. The molecule has 0 amide bonds. The number of benzene rings is 1. The summed E-state index contributed by atoms with van der Waals surface area (Å²) >= 11 is 0. The van der Waals surface area contributed by atoms with E-state index in [2.05, 4.69) is 47.9 Å². The van der Waals surface area contributed by atoms with Crippen molar-refractivity contribution in [3.8, 4) is 11.3 Å². The van der Waals surface area contributed by atoms with E-state index in [0.717, 1.165) is 34.0 Å². The summed E-state index contributed by atoms with van der Waals surface area (Å²) in [5, 5.41) is 0. The second kappa shape index (κ2) is 5.13. The van der Waals surface area contributed by atoms with Crippen LogP contribution in [0, 0.1) is 41.5 Å². The maximum absolute atomic E-state index is 4.76. The zero-order chi connectivity index (χ0) is 16.0. The van der Waals surface area contributed by atoms with Crippen molar-refractivity contribution >= 4 is 11.2 Å². The lowest BCUT2D eigenvalue weighted by atomic mass is 9.98. The predicted octanol–water partition coefficient (Wildman–Crippen LogP) is 3.94. The van der Waals surface area contributed by atoms with Crippen LogP contribution in [-0.4, -0.2) is 19.9 Å². The molecule has 0 spiro atoms. The average Bonchev–Trinajstić information content (AvgIpc) is 2.44. The zero-order valence-electron chi connectivity index (χ0n) is 13.9. The van der Waals surface area contributed by atoms with Gasteiger partial charge < -0.3 is 0 Å². The van der Waals surface area contributed by atoms with E-state index >= 15 is 0 Å². The van der Waals surface area contributed by atoms with E-state index in [-0.39, 0.29) is 0 Å². The van der Waals surface area contributed by atoms with Gasteiger partial charge in [-0.3, -0.25) is 0 Å². The average molecular weight is 292 g/mol. The molecule has 0 N–H and O–H groups in total. The van der Waals surface area contributed by atoms with E-state index in [1.807, 2.05) is 20.8 Å². The third-order valence-electron chi connectivity index (χ3n) is 4.19. The molecule has 0 radical (unpaired) electrons. The van der Waals surface area contributed by atoms with Gasteiger partial charge in [0, 0.05) is 5.56 Å². The Morgan fingerprint density at radius 2 is 1.32 bits per heavy atom. The molecular weight excluding hydrogens is 272 g/mol. The fourth-order valence-corrected chi connectivity index (χ4v) is 2.75. The summed E-state index contributed by atoms with van der Waals surface area (Å²) in [6.45, 7) is 12.2. The smallest absolute Gasteiger partial charge is 0.182 e. The van der Waals surface area contributed by atoms with E-state index in [1.165, 1.54) is 16.7 Å². The first-order valence-electron chi connectivity index (χ1n) is 7.44. The van der Waals surface area contributed by atoms with Gasteiger partial charge in [0.25, 0.3) is 0 Å². The molecule has 3 rings (SSSR count). The van der Waals surface area contributed by atoms with Crippen LogP contribution in [0.5, 0.6) is 0 Å².